The molecule has 2 bridgehead atoms. The van der Waals surface area contributed by atoms with E-state index in [-0.39, 0.29) is 32.1 Å². The van der Waals surface area contributed by atoms with Crippen LogP contribution in [0.3, 0.4) is 0 Å². The van der Waals surface area contributed by atoms with Gasteiger partial charge in [0.1, 0.15) is 18.2 Å². The summed E-state index contributed by atoms with van der Waals surface area (Å²) in [6.45, 7) is 11.1. The highest BCUT2D eigenvalue weighted by molar-refractivity contribution is 6.34. The van der Waals surface area contributed by atoms with Crippen molar-refractivity contribution >= 4 is 41.0 Å². The van der Waals surface area contributed by atoms with E-state index in [0.29, 0.717) is 36.4 Å². The van der Waals surface area contributed by atoms with E-state index in [9.17, 15) is 24.3 Å². The molecule has 3 aliphatic heterocycles. The molecule has 3 heterocycles. The van der Waals surface area contributed by atoms with Crippen molar-refractivity contribution in [3.8, 4) is 0 Å². The number of hydrogen-bond acceptors (Lipinski definition) is 7. The van der Waals surface area contributed by atoms with Crippen LogP contribution in [-0.2, 0) is 28.7 Å². The minimum absolute atomic E-state index is 0.101. The first-order chi connectivity index (χ1) is 23.6. The molecule has 3 fully saturated rings. The van der Waals surface area contributed by atoms with E-state index in [1.165, 1.54) is 9.80 Å². The lowest BCUT2D eigenvalue weighted by molar-refractivity contribution is -0.146. The van der Waals surface area contributed by atoms with Crippen molar-refractivity contribution in [2.45, 2.75) is 75.8 Å². The first-order valence-electron chi connectivity index (χ1n) is 17.0. The summed E-state index contributed by atoms with van der Waals surface area (Å²) in [6, 6.07) is 13.6. The number of likely N-dealkylation sites (tertiary alicyclic amines) is 1. The van der Waals surface area contributed by atoms with Crippen LogP contribution in [0.4, 0.5) is 5.69 Å². The molecule has 0 radical (unpaired) electrons. The number of benzene rings is 2. The Balaban J connectivity index is 1.51. The lowest BCUT2D eigenvalue weighted by Crippen LogP contribution is -2.59. The summed E-state index contributed by atoms with van der Waals surface area (Å²) in [5.41, 5.74) is -0.109. The van der Waals surface area contributed by atoms with Gasteiger partial charge in [-0.25, -0.2) is 0 Å². The van der Waals surface area contributed by atoms with E-state index < -0.39 is 65.4 Å². The predicted octanol–water partition coefficient (Wildman–Crippen LogP) is 5.01. The van der Waals surface area contributed by atoms with Gasteiger partial charge < -0.3 is 29.7 Å². The van der Waals surface area contributed by atoms with E-state index in [1.54, 1.807) is 36.4 Å². The fourth-order valence-corrected chi connectivity index (χ4v) is 8.02. The highest BCUT2D eigenvalue weighted by Crippen LogP contribution is 2.59. The number of ether oxygens (including phenoxy) is 2. The molecule has 10 nitrogen and oxygen atoms in total. The molecule has 0 aliphatic carbocycles. The van der Waals surface area contributed by atoms with Crippen LogP contribution in [0.25, 0.3) is 0 Å². The molecule has 3 saturated heterocycles. The van der Waals surface area contributed by atoms with Gasteiger partial charge in [-0.3, -0.25) is 19.2 Å². The number of nitrogens with one attached hydrogen (secondary N) is 1. The molecule has 3 aliphatic rings. The molecule has 3 amide bonds. The molecular weight excluding hydrogens is 646 g/mol. The molecule has 5 rings (SSSR count). The Morgan fingerprint density at radius 3 is 2.51 bits per heavy atom. The average Bonchev–Trinajstić information content (AvgIpc) is 3.74. The Kier molecular flexibility index (Phi) is 11.6. The molecule has 0 saturated carbocycles. The van der Waals surface area contributed by atoms with Crippen LogP contribution in [0.2, 0.25) is 5.02 Å². The third kappa shape index (κ3) is 7.18. The van der Waals surface area contributed by atoms with Gasteiger partial charge in [-0.2, -0.15) is 0 Å². The average molecular weight is 692 g/mol. The van der Waals surface area contributed by atoms with Crippen molar-refractivity contribution in [1.82, 2.24) is 10.2 Å². The summed E-state index contributed by atoms with van der Waals surface area (Å²) in [7, 11) is 0. The molecule has 0 unspecified atom stereocenters. The fraction of sp³-hybridized carbons (Fsp3) is 0.474. The maximum atomic E-state index is 14.8. The highest BCUT2D eigenvalue weighted by atomic mass is 35.5. The molecule has 262 valence electrons. The first-order valence-corrected chi connectivity index (χ1v) is 17.3. The van der Waals surface area contributed by atoms with Gasteiger partial charge in [0, 0.05) is 13.0 Å². The number of anilines is 1. The minimum atomic E-state index is -1.30. The van der Waals surface area contributed by atoms with Crippen LogP contribution < -0.4 is 10.2 Å². The summed E-state index contributed by atoms with van der Waals surface area (Å²) in [6.07, 6.45) is 4.55. The van der Waals surface area contributed by atoms with Crippen LogP contribution in [0.15, 0.2) is 79.9 Å². The molecular formula is C38H46ClN3O7. The number of para-hydroxylation sites is 1. The fourth-order valence-electron chi connectivity index (χ4n) is 7.78. The van der Waals surface area contributed by atoms with Gasteiger partial charge in [-0.15, -0.1) is 13.2 Å². The van der Waals surface area contributed by atoms with Crippen molar-refractivity contribution in [1.29, 1.82) is 0 Å². The van der Waals surface area contributed by atoms with Crippen LogP contribution >= 0.6 is 11.6 Å². The third-order valence-corrected chi connectivity index (χ3v) is 10.1. The maximum absolute atomic E-state index is 14.8. The predicted molar refractivity (Wildman–Crippen MR) is 186 cm³/mol. The number of esters is 1. The van der Waals surface area contributed by atoms with Crippen LogP contribution in [0.1, 0.15) is 57.6 Å². The van der Waals surface area contributed by atoms with Gasteiger partial charge in [-0.05, 0) is 49.3 Å². The summed E-state index contributed by atoms with van der Waals surface area (Å²) < 4.78 is 12.2. The number of aliphatic hydroxyl groups excluding tert-OH is 1. The van der Waals surface area contributed by atoms with Crippen molar-refractivity contribution in [3.63, 3.8) is 0 Å². The van der Waals surface area contributed by atoms with Gasteiger partial charge >= 0.3 is 5.97 Å². The molecule has 1 spiro atoms. The number of hydrogen-bond donors (Lipinski definition) is 2. The Morgan fingerprint density at radius 2 is 1.86 bits per heavy atom. The first kappa shape index (κ1) is 36.3. The topological polar surface area (TPSA) is 125 Å². The lowest BCUT2D eigenvalue weighted by atomic mass is 9.70. The van der Waals surface area contributed by atoms with Crippen molar-refractivity contribution in [3.05, 3.63) is 90.5 Å². The zero-order valence-electron chi connectivity index (χ0n) is 28.1. The normalized spacial score (nSPS) is 25.1. The van der Waals surface area contributed by atoms with Crippen LogP contribution in [0.5, 0.6) is 0 Å². The highest BCUT2D eigenvalue weighted by Gasteiger charge is 2.75. The number of carbonyl (C=O) groups excluding carboxylic acids is 4. The number of amides is 3. The van der Waals surface area contributed by atoms with Crippen molar-refractivity contribution < 1.29 is 33.8 Å². The number of fused-ring (bicyclic) bond motifs is 1. The van der Waals surface area contributed by atoms with Crippen LogP contribution in [0, 0.1) is 17.8 Å². The maximum Gasteiger partial charge on any atom is 0.306 e. The second kappa shape index (κ2) is 15.7. The third-order valence-electron chi connectivity index (χ3n) is 9.83. The van der Waals surface area contributed by atoms with Crippen LogP contribution in [-0.4, -0.2) is 77.2 Å². The summed E-state index contributed by atoms with van der Waals surface area (Å²) >= 11 is 6.58. The summed E-state index contributed by atoms with van der Waals surface area (Å²) in [5.74, 6) is -3.42. The van der Waals surface area contributed by atoms with Gasteiger partial charge in [0.2, 0.25) is 11.8 Å². The molecule has 2 aromatic rings. The summed E-state index contributed by atoms with van der Waals surface area (Å²) in [5, 5.41) is 14.0. The Hall–Kier alpha value is -3.99. The van der Waals surface area contributed by atoms with E-state index >= 15 is 0 Å². The van der Waals surface area contributed by atoms with E-state index in [1.807, 2.05) is 44.2 Å². The number of halogens is 1. The monoisotopic (exact) mass is 691 g/mol. The number of aliphatic hydroxyl groups is 1. The quantitative estimate of drug-likeness (QED) is 0.187. The Bertz CT molecular complexity index is 1550. The second-order valence-electron chi connectivity index (χ2n) is 13.4. The molecule has 49 heavy (non-hydrogen) atoms. The van der Waals surface area contributed by atoms with Gasteiger partial charge in [0.15, 0.2) is 0 Å². The zero-order chi connectivity index (χ0) is 35.3. The lowest BCUT2D eigenvalue weighted by Gasteiger charge is -2.39. The number of nitrogens with zero attached hydrogens (tertiary/aromatic N) is 2. The molecule has 2 N–H and O–H groups in total. The Labute approximate surface area is 293 Å². The van der Waals surface area contributed by atoms with Gasteiger partial charge in [0.05, 0.1) is 47.3 Å². The van der Waals surface area contributed by atoms with E-state index in [4.69, 9.17) is 21.1 Å². The van der Waals surface area contributed by atoms with Gasteiger partial charge in [0.25, 0.3) is 5.91 Å². The Morgan fingerprint density at radius 1 is 1.14 bits per heavy atom. The smallest absolute Gasteiger partial charge is 0.306 e. The number of carbonyl (C=O) groups is 4. The number of rotatable bonds is 16. The van der Waals surface area contributed by atoms with E-state index in [2.05, 4.69) is 18.5 Å². The molecule has 11 heteroatoms. The molecule has 7 atom stereocenters. The largest absolute Gasteiger partial charge is 0.463 e. The number of allylic oxidation sites excluding steroid dienone is 1. The molecule has 2 aromatic carbocycles. The minimum Gasteiger partial charge on any atom is -0.463 e. The van der Waals surface area contributed by atoms with Gasteiger partial charge in [-0.1, -0.05) is 80.1 Å². The summed E-state index contributed by atoms with van der Waals surface area (Å²) in [4.78, 5) is 59.2. The molecule has 0 aromatic heterocycles. The van der Waals surface area contributed by atoms with E-state index in [0.717, 1.165) is 5.56 Å². The van der Waals surface area contributed by atoms with Crippen molar-refractivity contribution in [2.24, 2.45) is 17.8 Å². The second-order valence-corrected chi connectivity index (χ2v) is 13.8. The standard InChI is InChI=1S/C38H46ClN3O7/c1-5-7-17-31(44)48-23-28(25-13-9-8-10-14-25)40-35(45)32-30-18-19-38(49-30)33(32)36(46)42(26(22-43)21-24(3)4)34(38)37(47)41(20-6-2)29-16-12-11-15-27(29)39/h5-6,8-16,24,26,28,30,32-34,43H,1-2,7,17-23H2,3-4H3,(H,40,45)/t26-,28+,30+,32-,33-,34+,38-/m1/s1. The van der Waals surface area contributed by atoms with Crippen molar-refractivity contribution in [2.75, 3.05) is 24.7 Å². The SMILES string of the molecule is C=CCCC(=O)OC[C@H](NC(=O)[C@@H]1[C@@H]2CC[C@]3(O2)[C@H](C(=O)N(CC=C)c2ccccc2Cl)N([C@@H](CO)CC(C)C)C(=O)[C@@H]13)c1ccccc1. The zero-order valence-corrected chi connectivity index (χ0v) is 28.9.